The topological polar surface area (TPSA) is 65.7 Å². The van der Waals surface area contributed by atoms with Crippen LogP contribution in [0.15, 0.2) is 67.1 Å². The van der Waals surface area contributed by atoms with E-state index in [9.17, 15) is 0 Å². The summed E-state index contributed by atoms with van der Waals surface area (Å²) in [5, 5.41) is 6.12. The zero-order valence-corrected chi connectivity index (χ0v) is 14.4. The van der Waals surface area contributed by atoms with Crippen LogP contribution in [-0.4, -0.2) is 24.7 Å². The van der Waals surface area contributed by atoms with Gasteiger partial charge in [-0.15, -0.1) is 11.3 Å². The molecule has 3 heterocycles. The normalized spacial score (nSPS) is 11.2. The molecule has 0 radical (unpaired) electrons. The maximum atomic E-state index is 5.93. The highest BCUT2D eigenvalue weighted by Gasteiger charge is 2.13. The minimum absolute atomic E-state index is 0.363. The molecule has 0 aliphatic rings. The van der Waals surface area contributed by atoms with Crippen molar-refractivity contribution in [1.29, 1.82) is 0 Å². The lowest BCUT2D eigenvalue weighted by molar-refractivity contribution is 0.297. The highest BCUT2D eigenvalue weighted by atomic mass is 32.1. The lowest BCUT2D eigenvalue weighted by Crippen LogP contribution is -2.00. The fourth-order valence-corrected chi connectivity index (χ4v) is 3.69. The number of para-hydroxylation sites is 2. The first kappa shape index (κ1) is 15.0. The van der Waals surface area contributed by atoms with Gasteiger partial charge in [-0.1, -0.05) is 30.3 Å². The second-order valence-corrected chi connectivity index (χ2v) is 6.79. The Kier molecular flexibility index (Phi) is 3.57. The Morgan fingerprint density at radius 2 is 1.81 bits per heavy atom. The summed E-state index contributed by atoms with van der Waals surface area (Å²) < 4.78 is 8.86. The summed E-state index contributed by atoms with van der Waals surface area (Å²) in [5.74, 6) is 0.511. The van der Waals surface area contributed by atoms with E-state index in [0.29, 0.717) is 18.1 Å². The average Bonchev–Trinajstić information content (AvgIpc) is 3.31. The average molecular weight is 359 g/mol. The molecule has 7 heteroatoms. The van der Waals surface area contributed by atoms with E-state index in [1.807, 2.05) is 48.5 Å². The van der Waals surface area contributed by atoms with Gasteiger partial charge in [-0.3, -0.25) is 0 Å². The van der Waals surface area contributed by atoms with Crippen LogP contribution < -0.4 is 4.74 Å². The van der Waals surface area contributed by atoms with E-state index >= 15 is 0 Å². The van der Waals surface area contributed by atoms with Crippen molar-refractivity contribution in [1.82, 2.24) is 24.7 Å². The quantitative estimate of drug-likeness (QED) is 0.485. The van der Waals surface area contributed by atoms with Crippen molar-refractivity contribution in [3.8, 4) is 11.6 Å². The lowest BCUT2D eigenvalue weighted by atomic mass is 10.3. The zero-order valence-electron chi connectivity index (χ0n) is 13.6. The largest absolute Gasteiger partial charge is 0.470 e. The number of hydrogen-bond acceptors (Lipinski definition) is 6. The maximum absolute atomic E-state index is 5.93. The Morgan fingerprint density at radius 1 is 0.962 bits per heavy atom. The van der Waals surface area contributed by atoms with Gasteiger partial charge in [-0.05, 0) is 24.3 Å². The molecule has 0 amide bonds. The van der Waals surface area contributed by atoms with Gasteiger partial charge in [-0.25, -0.2) is 19.6 Å². The fraction of sp³-hybridized carbons (Fsp3) is 0.0526. The van der Waals surface area contributed by atoms with Crippen LogP contribution in [0.3, 0.4) is 0 Å². The molecule has 0 aliphatic carbocycles. The van der Waals surface area contributed by atoms with E-state index in [0.717, 1.165) is 26.3 Å². The number of hydrogen-bond donors (Lipinski definition) is 0. The molecule has 0 atom stereocenters. The predicted octanol–water partition coefficient (Wildman–Crippen LogP) is 4.00. The summed E-state index contributed by atoms with van der Waals surface area (Å²) in [7, 11) is 0. The number of benzene rings is 2. The van der Waals surface area contributed by atoms with Gasteiger partial charge in [0.2, 0.25) is 5.88 Å². The van der Waals surface area contributed by atoms with Crippen molar-refractivity contribution in [2.24, 2.45) is 0 Å². The number of rotatable bonds is 4. The molecule has 126 valence electrons. The van der Waals surface area contributed by atoms with Gasteiger partial charge >= 0.3 is 0 Å². The number of ether oxygens (including phenoxy) is 1. The minimum Gasteiger partial charge on any atom is -0.470 e. The molecule has 3 aromatic heterocycles. The first-order valence-corrected chi connectivity index (χ1v) is 8.91. The van der Waals surface area contributed by atoms with Crippen LogP contribution in [0, 0.1) is 0 Å². The highest BCUT2D eigenvalue weighted by molar-refractivity contribution is 7.18. The zero-order chi connectivity index (χ0) is 17.3. The van der Waals surface area contributed by atoms with Gasteiger partial charge in [0.05, 0.1) is 22.1 Å². The standard InChI is InChI=1S/C19H13N5OS/c1-2-6-13(7-3-1)24-18-14(10-22-24)19(21-12-20-18)25-11-17-23-15-8-4-5-9-16(15)26-17/h1-10,12H,11H2. The van der Waals surface area contributed by atoms with Crippen LogP contribution >= 0.6 is 11.3 Å². The first-order valence-electron chi connectivity index (χ1n) is 8.10. The van der Waals surface area contributed by atoms with Crippen molar-refractivity contribution >= 4 is 32.6 Å². The summed E-state index contributed by atoms with van der Waals surface area (Å²) >= 11 is 1.62. The molecule has 0 saturated carbocycles. The molecule has 6 nitrogen and oxygen atoms in total. The smallest absolute Gasteiger partial charge is 0.228 e. The summed E-state index contributed by atoms with van der Waals surface area (Å²) in [6, 6.07) is 17.9. The molecule has 5 aromatic rings. The molecule has 0 N–H and O–H groups in total. The SMILES string of the molecule is c1ccc(-n2ncc3c(OCc4nc5ccccc5s4)ncnc32)cc1. The Hall–Kier alpha value is -3.32. The van der Waals surface area contributed by atoms with Gasteiger partial charge in [0, 0.05) is 0 Å². The number of aromatic nitrogens is 5. The second kappa shape index (κ2) is 6.20. The summed E-state index contributed by atoms with van der Waals surface area (Å²) in [6.45, 7) is 0.363. The van der Waals surface area contributed by atoms with Crippen LogP contribution in [0.2, 0.25) is 0 Å². The van der Waals surface area contributed by atoms with Gasteiger partial charge in [0.15, 0.2) is 5.65 Å². The molecule has 0 aliphatic heterocycles. The first-order chi connectivity index (χ1) is 12.9. The lowest BCUT2D eigenvalue weighted by Gasteiger charge is -2.05. The third-order valence-electron chi connectivity index (χ3n) is 4.00. The van der Waals surface area contributed by atoms with Crippen LogP contribution in [0.25, 0.3) is 26.9 Å². The molecule has 0 unspecified atom stereocenters. The predicted molar refractivity (Wildman–Crippen MR) is 101 cm³/mol. The van der Waals surface area contributed by atoms with Crippen molar-refractivity contribution in [3.05, 3.63) is 72.1 Å². The van der Waals surface area contributed by atoms with E-state index in [-0.39, 0.29) is 0 Å². The van der Waals surface area contributed by atoms with Gasteiger partial charge in [0.1, 0.15) is 23.3 Å². The van der Waals surface area contributed by atoms with E-state index < -0.39 is 0 Å². The number of thiazole rings is 1. The number of nitrogens with zero attached hydrogens (tertiary/aromatic N) is 5. The molecule has 0 fully saturated rings. The van der Waals surface area contributed by atoms with Crippen molar-refractivity contribution in [2.75, 3.05) is 0 Å². The fourth-order valence-electron chi connectivity index (χ4n) is 2.81. The van der Waals surface area contributed by atoms with E-state index in [1.165, 1.54) is 6.33 Å². The Morgan fingerprint density at radius 3 is 2.69 bits per heavy atom. The van der Waals surface area contributed by atoms with Crippen LogP contribution in [-0.2, 0) is 6.61 Å². The molecule has 0 bridgehead atoms. The van der Waals surface area contributed by atoms with Gasteiger partial charge in [0.25, 0.3) is 0 Å². The molecular weight excluding hydrogens is 346 g/mol. The van der Waals surface area contributed by atoms with E-state index in [4.69, 9.17) is 4.74 Å². The molecule has 26 heavy (non-hydrogen) atoms. The summed E-state index contributed by atoms with van der Waals surface area (Å²) in [5.41, 5.74) is 2.64. The third kappa shape index (κ3) is 2.58. The van der Waals surface area contributed by atoms with E-state index in [2.05, 4.69) is 26.1 Å². The van der Waals surface area contributed by atoms with Crippen LogP contribution in [0.4, 0.5) is 0 Å². The second-order valence-electron chi connectivity index (χ2n) is 5.67. The van der Waals surface area contributed by atoms with Crippen molar-refractivity contribution < 1.29 is 4.74 Å². The summed E-state index contributed by atoms with van der Waals surface area (Å²) in [6.07, 6.45) is 3.23. The number of fused-ring (bicyclic) bond motifs is 2. The monoisotopic (exact) mass is 359 g/mol. The van der Waals surface area contributed by atoms with Crippen LogP contribution in [0.1, 0.15) is 5.01 Å². The molecular formula is C19H13N5OS. The maximum Gasteiger partial charge on any atom is 0.228 e. The minimum atomic E-state index is 0.363. The van der Waals surface area contributed by atoms with Crippen LogP contribution in [0.5, 0.6) is 5.88 Å². The Balaban J connectivity index is 1.46. The van der Waals surface area contributed by atoms with Gasteiger partial charge < -0.3 is 4.74 Å². The molecule has 0 saturated heterocycles. The Labute approximate surface area is 152 Å². The van der Waals surface area contributed by atoms with Crippen molar-refractivity contribution in [3.63, 3.8) is 0 Å². The molecule has 2 aromatic carbocycles. The van der Waals surface area contributed by atoms with Gasteiger partial charge in [-0.2, -0.15) is 5.10 Å². The van der Waals surface area contributed by atoms with Crippen molar-refractivity contribution in [2.45, 2.75) is 6.61 Å². The molecule has 5 rings (SSSR count). The summed E-state index contributed by atoms with van der Waals surface area (Å²) in [4.78, 5) is 13.2. The van der Waals surface area contributed by atoms with E-state index in [1.54, 1.807) is 22.2 Å². The Bertz CT molecular complexity index is 1170. The third-order valence-corrected chi connectivity index (χ3v) is 5.01. The molecule has 0 spiro atoms. The highest BCUT2D eigenvalue weighted by Crippen LogP contribution is 2.26.